The summed E-state index contributed by atoms with van der Waals surface area (Å²) in [6.07, 6.45) is 5.82. The molecule has 8 heteroatoms. The van der Waals surface area contributed by atoms with Crippen LogP contribution in [0.25, 0.3) is 10.9 Å². The van der Waals surface area contributed by atoms with Crippen LogP contribution in [-0.2, 0) is 16.0 Å². The lowest BCUT2D eigenvalue weighted by Crippen LogP contribution is -2.41. The Balaban J connectivity index is 1.27. The molecule has 8 nitrogen and oxygen atoms in total. The molecule has 172 valence electrons. The number of nitrogens with zero attached hydrogens (tertiary/aromatic N) is 4. The predicted molar refractivity (Wildman–Crippen MR) is 124 cm³/mol. The summed E-state index contributed by atoms with van der Waals surface area (Å²) in [5, 5.41) is 1.10. The smallest absolute Gasteiger partial charge is 0.257 e. The molecule has 1 N–H and O–H groups in total. The maximum Gasteiger partial charge on any atom is 0.257 e. The van der Waals surface area contributed by atoms with Crippen molar-refractivity contribution in [2.24, 2.45) is 0 Å². The standard InChI is InChI=1S/C25H29N5O3/c1-17-21(25(32)29-9-11-33-12-10-29)15-27-24(28-17)18-5-4-8-30(16-18)23(31)13-19-14-26-22-7-3-2-6-20(19)22/h2-3,6-7,14-15,18,26H,4-5,8-13,16H2,1H3. The average molecular weight is 448 g/mol. The fraction of sp³-hybridized carbons (Fsp3) is 0.440. The molecule has 1 unspecified atom stereocenters. The fourth-order valence-corrected chi connectivity index (χ4v) is 4.80. The highest BCUT2D eigenvalue weighted by Gasteiger charge is 2.28. The number of hydrogen-bond acceptors (Lipinski definition) is 5. The Morgan fingerprint density at radius 2 is 1.97 bits per heavy atom. The Morgan fingerprint density at radius 3 is 2.79 bits per heavy atom. The molecule has 1 atom stereocenters. The number of carbonyl (C=O) groups excluding carboxylic acids is 2. The Labute approximate surface area is 193 Å². The topological polar surface area (TPSA) is 91.4 Å². The Kier molecular flexibility index (Phi) is 6.09. The Morgan fingerprint density at radius 1 is 1.15 bits per heavy atom. The summed E-state index contributed by atoms with van der Waals surface area (Å²) in [4.78, 5) is 42.1. The van der Waals surface area contributed by atoms with Crippen molar-refractivity contribution >= 4 is 22.7 Å². The van der Waals surface area contributed by atoms with Crippen LogP contribution in [0.2, 0.25) is 0 Å². The van der Waals surface area contributed by atoms with E-state index in [1.807, 2.05) is 42.3 Å². The Bertz CT molecular complexity index is 1170. The van der Waals surface area contributed by atoms with Crippen molar-refractivity contribution in [2.75, 3.05) is 39.4 Å². The van der Waals surface area contributed by atoms with Crippen molar-refractivity contribution in [3.8, 4) is 0 Å². The van der Waals surface area contributed by atoms with Gasteiger partial charge in [-0.3, -0.25) is 9.59 Å². The number of hydrogen-bond donors (Lipinski definition) is 1. The fourth-order valence-electron chi connectivity index (χ4n) is 4.80. The number of rotatable bonds is 4. The maximum absolute atomic E-state index is 13.1. The van der Waals surface area contributed by atoms with Crippen LogP contribution in [0.5, 0.6) is 0 Å². The van der Waals surface area contributed by atoms with Gasteiger partial charge in [0.1, 0.15) is 5.82 Å². The van der Waals surface area contributed by atoms with E-state index in [4.69, 9.17) is 9.72 Å². The summed E-state index contributed by atoms with van der Waals surface area (Å²) in [5.74, 6) is 0.884. The zero-order valence-electron chi connectivity index (χ0n) is 18.9. The molecule has 2 saturated heterocycles. The van der Waals surface area contributed by atoms with Gasteiger partial charge in [0.25, 0.3) is 5.91 Å². The van der Waals surface area contributed by atoms with E-state index in [1.165, 1.54) is 0 Å². The second-order valence-corrected chi connectivity index (χ2v) is 8.85. The summed E-state index contributed by atoms with van der Waals surface area (Å²) in [6.45, 7) is 5.54. The molecule has 0 saturated carbocycles. The predicted octanol–water partition coefficient (Wildman–Crippen LogP) is 2.69. The molecule has 4 heterocycles. The second-order valence-electron chi connectivity index (χ2n) is 8.85. The van der Waals surface area contributed by atoms with Crippen molar-refractivity contribution < 1.29 is 14.3 Å². The zero-order chi connectivity index (χ0) is 22.8. The minimum absolute atomic E-state index is 0.0403. The van der Waals surface area contributed by atoms with Crippen molar-refractivity contribution in [3.05, 3.63) is 59.3 Å². The summed E-state index contributed by atoms with van der Waals surface area (Å²) in [7, 11) is 0. The van der Waals surface area contributed by atoms with Gasteiger partial charge >= 0.3 is 0 Å². The van der Waals surface area contributed by atoms with Gasteiger partial charge in [-0.05, 0) is 31.4 Å². The van der Waals surface area contributed by atoms with Gasteiger partial charge in [-0.15, -0.1) is 0 Å². The average Bonchev–Trinajstić information content (AvgIpc) is 3.27. The number of carbonyl (C=O) groups is 2. The van der Waals surface area contributed by atoms with E-state index < -0.39 is 0 Å². The molecule has 1 aromatic carbocycles. The molecule has 2 aliphatic heterocycles. The van der Waals surface area contributed by atoms with Gasteiger partial charge in [0.2, 0.25) is 5.91 Å². The highest BCUT2D eigenvalue weighted by Crippen LogP contribution is 2.26. The highest BCUT2D eigenvalue weighted by molar-refractivity contribution is 5.95. The van der Waals surface area contributed by atoms with Gasteiger partial charge in [0.15, 0.2) is 0 Å². The Hall–Kier alpha value is -3.26. The number of morpholine rings is 1. The number of nitrogens with one attached hydrogen (secondary N) is 1. The molecular formula is C25H29N5O3. The van der Waals surface area contributed by atoms with E-state index in [2.05, 4.69) is 9.97 Å². The monoisotopic (exact) mass is 447 g/mol. The molecule has 2 aliphatic rings. The molecule has 0 aliphatic carbocycles. The van der Waals surface area contributed by atoms with Crippen LogP contribution in [0.15, 0.2) is 36.7 Å². The first-order valence-electron chi connectivity index (χ1n) is 11.6. The summed E-state index contributed by atoms with van der Waals surface area (Å²) < 4.78 is 5.34. The number of aryl methyl sites for hydroxylation is 1. The lowest BCUT2D eigenvalue weighted by molar-refractivity contribution is -0.131. The van der Waals surface area contributed by atoms with Crippen LogP contribution in [-0.4, -0.2) is 76.0 Å². The molecule has 2 fully saturated rings. The third kappa shape index (κ3) is 4.48. The van der Waals surface area contributed by atoms with E-state index in [0.29, 0.717) is 50.5 Å². The molecule has 0 radical (unpaired) electrons. The largest absolute Gasteiger partial charge is 0.378 e. The van der Waals surface area contributed by atoms with Crippen LogP contribution in [0, 0.1) is 6.92 Å². The van der Waals surface area contributed by atoms with Crippen molar-refractivity contribution in [1.82, 2.24) is 24.8 Å². The SMILES string of the molecule is Cc1nc(C2CCCN(C(=O)Cc3c[nH]c4ccccc34)C2)ncc1C(=O)N1CCOCC1. The number of piperidine rings is 1. The van der Waals surface area contributed by atoms with Crippen molar-refractivity contribution in [3.63, 3.8) is 0 Å². The third-order valence-corrected chi connectivity index (χ3v) is 6.68. The van der Waals surface area contributed by atoms with E-state index >= 15 is 0 Å². The maximum atomic E-state index is 13.1. The molecule has 5 rings (SSSR count). The molecule has 0 bridgehead atoms. The van der Waals surface area contributed by atoms with Gasteiger partial charge < -0.3 is 19.5 Å². The molecular weight excluding hydrogens is 418 g/mol. The van der Waals surface area contributed by atoms with Gasteiger partial charge in [0.05, 0.1) is 30.9 Å². The van der Waals surface area contributed by atoms with Crippen LogP contribution in [0.3, 0.4) is 0 Å². The molecule has 2 aromatic heterocycles. The number of aromatic amines is 1. The van der Waals surface area contributed by atoms with Crippen LogP contribution >= 0.6 is 0 Å². The number of fused-ring (bicyclic) bond motifs is 1. The molecule has 2 amide bonds. The summed E-state index contributed by atoms with van der Waals surface area (Å²) >= 11 is 0. The lowest BCUT2D eigenvalue weighted by atomic mass is 9.96. The van der Waals surface area contributed by atoms with Gasteiger partial charge in [-0.1, -0.05) is 18.2 Å². The van der Waals surface area contributed by atoms with Gasteiger partial charge in [-0.25, -0.2) is 9.97 Å². The van der Waals surface area contributed by atoms with E-state index in [1.54, 1.807) is 11.1 Å². The number of benzene rings is 1. The first kappa shape index (κ1) is 21.6. The van der Waals surface area contributed by atoms with Gasteiger partial charge in [-0.2, -0.15) is 0 Å². The van der Waals surface area contributed by atoms with Crippen LogP contribution < -0.4 is 0 Å². The molecule has 0 spiro atoms. The number of H-pyrrole nitrogens is 1. The third-order valence-electron chi connectivity index (χ3n) is 6.68. The first-order valence-corrected chi connectivity index (χ1v) is 11.6. The number of ether oxygens (including phenoxy) is 1. The normalized spacial score (nSPS) is 19.1. The summed E-state index contributed by atoms with van der Waals surface area (Å²) in [6, 6.07) is 8.05. The van der Waals surface area contributed by atoms with Crippen LogP contribution in [0.4, 0.5) is 0 Å². The quantitative estimate of drug-likeness (QED) is 0.664. The van der Waals surface area contributed by atoms with E-state index in [0.717, 1.165) is 41.7 Å². The zero-order valence-corrected chi connectivity index (χ0v) is 18.9. The van der Waals surface area contributed by atoms with E-state index in [-0.39, 0.29) is 17.7 Å². The van der Waals surface area contributed by atoms with Gasteiger partial charge in [0, 0.05) is 55.4 Å². The first-order chi connectivity index (χ1) is 16.1. The second kappa shape index (κ2) is 9.31. The minimum atomic E-state index is -0.0403. The number of amides is 2. The summed E-state index contributed by atoms with van der Waals surface area (Å²) in [5.41, 5.74) is 3.31. The van der Waals surface area contributed by atoms with Crippen LogP contribution in [0.1, 0.15) is 46.2 Å². The number of para-hydroxylation sites is 1. The lowest BCUT2D eigenvalue weighted by Gasteiger charge is -2.32. The van der Waals surface area contributed by atoms with E-state index in [9.17, 15) is 9.59 Å². The minimum Gasteiger partial charge on any atom is -0.378 e. The van der Waals surface area contributed by atoms with Crippen molar-refractivity contribution in [1.29, 1.82) is 0 Å². The number of aromatic nitrogens is 3. The highest BCUT2D eigenvalue weighted by atomic mass is 16.5. The van der Waals surface area contributed by atoms with Crippen molar-refractivity contribution in [2.45, 2.75) is 32.1 Å². The number of likely N-dealkylation sites (tertiary alicyclic amines) is 1. The molecule has 33 heavy (non-hydrogen) atoms. The molecule has 3 aromatic rings.